The molecule has 1 aliphatic heterocycles. The van der Waals surface area contributed by atoms with Crippen LogP contribution in [0.25, 0.3) is 10.9 Å². The molecule has 0 saturated carbocycles. The van der Waals surface area contributed by atoms with Crippen molar-refractivity contribution in [3.63, 3.8) is 0 Å². The lowest BCUT2D eigenvalue weighted by Crippen LogP contribution is -2.43. The lowest BCUT2D eigenvalue weighted by Gasteiger charge is -2.25. The van der Waals surface area contributed by atoms with Crippen LogP contribution in [0.3, 0.4) is 0 Å². The number of nitrogens with zero attached hydrogens (tertiary/aromatic N) is 4. The predicted molar refractivity (Wildman–Crippen MR) is 152 cm³/mol. The Bertz CT molecular complexity index is 1650. The second-order valence-electron chi connectivity index (χ2n) is 10.8. The maximum atomic E-state index is 13.6. The van der Waals surface area contributed by atoms with Crippen molar-refractivity contribution in [3.8, 4) is 11.8 Å². The first kappa shape index (κ1) is 34.2. The average Bonchev–Trinajstić information content (AvgIpc) is 3.30. The van der Waals surface area contributed by atoms with E-state index in [-0.39, 0.29) is 21.5 Å². The molecule has 2 aromatic carbocycles. The number of alkyl halides is 3. The van der Waals surface area contributed by atoms with Gasteiger partial charge in [-0.3, -0.25) is 19.1 Å². The van der Waals surface area contributed by atoms with Gasteiger partial charge in [-0.2, -0.15) is 9.65 Å². The van der Waals surface area contributed by atoms with Crippen molar-refractivity contribution in [1.29, 1.82) is 5.26 Å². The molecule has 1 atom stereocenters. The molecule has 2 amide bonds. The molecule has 4 rings (SSSR count). The maximum Gasteiger partial charge on any atom is 0.268 e. The Kier molecular flexibility index (Phi) is 10.9. The number of nitriles is 1. The molecule has 0 aliphatic carbocycles. The van der Waals surface area contributed by atoms with Crippen molar-refractivity contribution >= 4 is 32.8 Å². The molecular weight excluding hydrogens is 603 g/mol. The van der Waals surface area contributed by atoms with Gasteiger partial charge in [0.05, 0.1) is 49.2 Å². The zero-order chi connectivity index (χ0) is 32.7. The summed E-state index contributed by atoms with van der Waals surface area (Å²) < 4.78 is 77.1. The standard InChI is InChI=1S/C22H24F3N5O3.C7H8O3S/c1-30(2,14-23)7-8-33-16-3-4-19-18(9-16)17(5-6-27-19)21(32)28-12-20(31)29-13-22(24,25)10-15(29)11-26;1-6-2-4-7(5-3-6)11(8,9)10/h3-6,9,15H,7-8,10,12-14H2,1-2H3;2-5H,1H3,(H,8,9,10)/t15-;/m0./s1. The molecule has 1 aliphatic rings. The first-order valence-corrected chi connectivity index (χ1v) is 14.7. The van der Waals surface area contributed by atoms with Crippen LogP contribution in [0.5, 0.6) is 5.75 Å². The Morgan fingerprint density at radius 3 is 2.50 bits per heavy atom. The number of halogens is 3. The van der Waals surface area contributed by atoms with Gasteiger partial charge in [0.15, 0.2) is 0 Å². The van der Waals surface area contributed by atoms with Crippen LogP contribution < -0.4 is 10.1 Å². The number of ether oxygens (including phenoxy) is 1. The summed E-state index contributed by atoms with van der Waals surface area (Å²) in [5, 5.41) is 11.9. The average molecular weight is 636 g/mol. The summed E-state index contributed by atoms with van der Waals surface area (Å²) in [6.45, 7) is 0.620. The van der Waals surface area contributed by atoms with Crippen LogP contribution in [0.4, 0.5) is 13.2 Å². The van der Waals surface area contributed by atoms with Crippen molar-refractivity contribution in [2.45, 2.75) is 30.2 Å². The second-order valence-corrected chi connectivity index (χ2v) is 12.2. The van der Waals surface area contributed by atoms with Crippen LogP contribution >= 0.6 is 0 Å². The number of benzene rings is 2. The highest BCUT2D eigenvalue weighted by Crippen LogP contribution is 2.31. The van der Waals surface area contributed by atoms with E-state index < -0.39 is 60.2 Å². The van der Waals surface area contributed by atoms with E-state index in [1.807, 2.05) is 6.92 Å². The van der Waals surface area contributed by atoms with Gasteiger partial charge in [0.1, 0.15) is 35.1 Å². The predicted octanol–water partition coefficient (Wildman–Crippen LogP) is 3.01. The van der Waals surface area contributed by atoms with Crippen LogP contribution in [0.2, 0.25) is 0 Å². The Balaban J connectivity index is 0.000000404. The van der Waals surface area contributed by atoms with Crippen LogP contribution in [0, 0.1) is 18.3 Å². The second kappa shape index (κ2) is 14.0. The van der Waals surface area contributed by atoms with E-state index in [2.05, 4.69) is 10.3 Å². The lowest BCUT2D eigenvalue weighted by atomic mass is 10.1. The molecule has 2 heterocycles. The van der Waals surface area contributed by atoms with E-state index in [0.29, 0.717) is 23.2 Å². The monoisotopic (exact) mass is 635 g/mol. The summed E-state index contributed by atoms with van der Waals surface area (Å²) in [6.07, 6.45) is 0.718. The van der Waals surface area contributed by atoms with Gasteiger partial charge >= 0.3 is 0 Å². The van der Waals surface area contributed by atoms with E-state index in [1.165, 1.54) is 24.4 Å². The Labute approximate surface area is 253 Å². The fourth-order valence-corrected chi connectivity index (χ4v) is 4.60. The fourth-order valence-electron chi connectivity index (χ4n) is 4.14. The van der Waals surface area contributed by atoms with Crippen LogP contribution in [0.1, 0.15) is 22.3 Å². The number of carbonyl (C=O) groups is 2. The number of fused-ring (bicyclic) bond motifs is 1. The molecule has 0 bridgehead atoms. The van der Waals surface area contributed by atoms with Gasteiger partial charge in [-0.25, -0.2) is 17.2 Å². The number of nitrogens with one attached hydrogen (secondary N) is 1. The number of hydrogen-bond acceptors (Lipinski definition) is 8. The number of likely N-dealkylation sites (tertiary alicyclic amines) is 1. The summed E-state index contributed by atoms with van der Waals surface area (Å²) >= 11 is 0. The fraction of sp³-hybridized carbons (Fsp3) is 0.379. The third kappa shape index (κ3) is 9.37. The maximum absolute atomic E-state index is 13.6. The van der Waals surface area contributed by atoms with E-state index in [4.69, 9.17) is 10.00 Å². The van der Waals surface area contributed by atoms with Crippen molar-refractivity contribution in [2.75, 3.05) is 47.1 Å². The number of likely N-dealkylation sites (N-methyl/N-ethyl adjacent to an activating group) is 1. The zero-order valence-corrected chi connectivity index (χ0v) is 25.1. The minimum absolute atomic E-state index is 0.145. The summed E-state index contributed by atoms with van der Waals surface area (Å²) in [4.78, 5) is 29.9. The number of aromatic nitrogens is 1. The normalized spacial score (nSPS) is 16.0. The van der Waals surface area contributed by atoms with Crippen molar-refractivity contribution in [1.82, 2.24) is 15.2 Å². The molecule has 236 valence electrons. The largest absolute Gasteiger partial charge is 0.744 e. The highest BCUT2D eigenvalue weighted by Gasteiger charge is 2.47. The molecule has 0 unspecified atom stereocenters. The molecule has 15 heteroatoms. The SMILES string of the molecule is C[N+](C)(CF)CCOc1ccc2nccc(C(=O)NCC(=O)N3CC(F)(F)C[C@H]3C#N)c2c1.Cc1ccc(S(=O)(=O)[O-])cc1. The third-order valence-electron chi connectivity index (χ3n) is 6.70. The summed E-state index contributed by atoms with van der Waals surface area (Å²) in [5.41, 5.74) is 1.67. The molecule has 1 N–H and O–H groups in total. The van der Waals surface area contributed by atoms with E-state index in [9.17, 15) is 35.7 Å². The Morgan fingerprint density at radius 2 is 1.89 bits per heavy atom. The third-order valence-corrected chi connectivity index (χ3v) is 7.55. The molecule has 1 fully saturated rings. The van der Waals surface area contributed by atoms with Crippen molar-refractivity contribution in [2.24, 2.45) is 0 Å². The molecule has 3 aromatic rings. The van der Waals surface area contributed by atoms with Gasteiger partial charge < -0.3 is 19.5 Å². The van der Waals surface area contributed by atoms with Crippen LogP contribution in [-0.2, 0) is 14.9 Å². The van der Waals surface area contributed by atoms with Gasteiger partial charge in [-0.15, -0.1) is 0 Å². The number of pyridine rings is 1. The van der Waals surface area contributed by atoms with Gasteiger partial charge in [0, 0.05) is 18.0 Å². The molecule has 1 aromatic heterocycles. The van der Waals surface area contributed by atoms with Gasteiger partial charge in [0.25, 0.3) is 11.8 Å². The minimum Gasteiger partial charge on any atom is -0.744 e. The Morgan fingerprint density at radius 1 is 1.20 bits per heavy atom. The molecule has 11 nitrogen and oxygen atoms in total. The number of carbonyl (C=O) groups excluding carboxylic acids is 2. The van der Waals surface area contributed by atoms with Crippen molar-refractivity contribution < 1.29 is 45.0 Å². The lowest BCUT2D eigenvalue weighted by molar-refractivity contribution is -0.902. The highest BCUT2D eigenvalue weighted by molar-refractivity contribution is 7.85. The van der Waals surface area contributed by atoms with Gasteiger partial charge in [0.2, 0.25) is 12.7 Å². The number of rotatable bonds is 9. The molecule has 44 heavy (non-hydrogen) atoms. The van der Waals surface area contributed by atoms with E-state index >= 15 is 0 Å². The highest BCUT2D eigenvalue weighted by atomic mass is 32.2. The smallest absolute Gasteiger partial charge is 0.268 e. The van der Waals surface area contributed by atoms with Crippen LogP contribution in [-0.4, -0.2) is 98.3 Å². The minimum atomic E-state index is -4.27. The number of quaternary nitrogens is 1. The van der Waals surface area contributed by atoms with Crippen molar-refractivity contribution in [3.05, 3.63) is 65.9 Å². The molecule has 0 radical (unpaired) electrons. The first-order chi connectivity index (χ1) is 20.5. The summed E-state index contributed by atoms with van der Waals surface area (Å²) in [5.74, 6) is -4.02. The number of hydrogen-bond donors (Lipinski definition) is 1. The van der Waals surface area contributed by atoms with Gasteiger partial charge in [-0.1, -0.05) is 17.7 Å². The molecular formula is C29H32F3N5O6S. The van der Waals surface area contributed by atoms with E-state index in [0.717, 1.165) is 10.5 Å². The van der Waals surface area contributed by atoms with Gasteiger partial charge in [-0.05, 0) is 43.3 Å². The zero-order valence-electron chi connectivity index (χ0n) is 24.3. The Hall–Kier alpha value is -4.26. The summed E-state index contributed by atoms with van der Waals surface area (Å²) in [6, 6.07) is 12.7. The molecule has 0 spiro atoms. The summed E-state index contributed by atoms with van der Waals surface area (Å²) in [7, 11) is -0.798. The van der Waals surface area contributed by atoms with E-state index in [1.54, 1.807) is 50.5 Å². The molecule has 1 saturated heterocycles. The first-order valence-electron chi connectivity index (χ1n) is 13.3. The van der Waals surface area contributed by atoms with Crippen LogP contribution in [0.15, 0.2) is 59.6 Å². The number of amides is 2. The topological polar surface area (TPSA) is 153 Å². The quantitative estimate of drug-likeness (QED) is 0.214. The number of aryl methyl sites for hydroxylation is 1.